The fourth-order valence-corrected chi connectivity index (χ4v) is 2.69. The molecule has 2 rings (SSSR count). The maximum Gasteiger partial charge on any atom is 0.249 e. The van der Waals surface area contributed by atoms with Crippen LogP contribution in [0.1, 0.15) is 24.8 Å². The Morgan fingerprint density at radius 2 is 2.06 bits per heavy atom. The highest BCUT2D eigenvalue weighted by atomic mass is 32.1. The van der Waals surface area contributed by atoms with Crippen molar-refractivity contribution in [3.63, 3.8) is 0 Å². The van der Waals surface area contributed by atoms with Gasteiger partial charge in [-0.3, -0.25) is 4.79 Å². The lowest BCUT2D eigenvalue weighted by atomic mass is 10.2. The first-order chi connectivity index (χ1) is 8.08. The summed E-state index contributed by atoms with van der Waals surface area (Å²) in [7, 11) is 0. The van der Waals surface area contributed by atoms with Gasteiger partial charge in [0, 0.05) is 9.58 Å². The van der Waals surface area contributed by atoms with Crippen molar-refractivity contribution in [1.29, 1.82) is 0 Å². The van der Waals surface area contributed by atoms with Crippen molar-refractivity contribution < 1.29 is 9.90 Å². The van der Waals surface area contributed by atoms with Gasteiger partial charge >= 0.3 is 0 Å². The number of aliphatic hydroxyl groups is 1. The number of nitrogens with one attached hydrogen (secondary N) is 1. The van der Waals surface area contributed by atoms with Crippen molar-refractivity contribution >= 4 is 27.3 Å². The molecule has 0 aliphatic carbocycles. The molecule has 2 aromatic rings. The molecular formula is C13H15NO2S. The van der Waals surface area contributed by atoms with Crippen LogP contribution in [0.2, 0.25) is 0 Å². The summed E-state index contributed by atoms with van der Waals surface area (Å²) in [6, 6.07) is 10.1. The van der Waals surface area contributed by atoms with E-state index in [4.69, 9.17) is 5.11 Å². The average molecular weight is 249 g/mol. The van der Waals surface area contributed by atoms with E-state index in [-0.39, 0.29) is 11.9 Å². The van der Waals surface area contributed by atoms with Crippen molar-refractivity contribution in [2.75, 3.05) is 0 Å². The van der Waals surface area contributed by atoms with E-state index in [2.05, 4.69) is 23.5 Å². The molecule has 2 unspecified atom stereocenters. The highest BCUT2D eigenvalue weighted by molar-refractivity contribution is 7.19. The Morgan fingerprint density at radius 3 is 2.71 bits per heavy atom. The highest BCUT2D eigenvalue weighted by Crippen LogP contribution is 2.29. The van der Waals surface area contributed by atoms with E-state index in [0.29, 0.717) is 0 Å². The maximum atomic E-state index is 11.4. The van der Waals surface area contributed by atoms with Gasteiger partial charge in [0.15, 0.2) is 0 Å². The van der Waals surface area contributed by atoms with Gasteiger partial charge in [-0.05, 0) is 31.4 Å². The van der Waals surface area contributed by atoms with Gasteiger partial charge in [0.2, 0.25) is 5.91 Å². The van der Waals surface area contributed by atoms with Crippen LogP contribution in [0.3, 0.4) is 0 Å². The number of fused-ring (bicyclic) bond motifs is 1. The summed E-state index contributed by atoms with van der Waals surface area (Å²) in [4.78, 5) is 12.5. The van der Waals surface area contributed by atoms with E-state index >= 15 is 0 Å². The molecule has 0 radical (unpaired) electrons. The smallest absolute Gasteiger partial charge is 0.249 e. The van der Waals surface area contributed by atoms with Gasteiger partial charge in [0.05, 0.1) is 6.04 Å². The first-order valence-corrected chi connectivity index (χ1v) is 6.36. The molecule has 17 heavy (non-hydrogen) atoms. The standard InChI is InChI=1S/C13H15NO2S/c1-8(14-13(16)9(2)15)12-7-10-5-3-4-6-11(10)17-12/h3-9,15H,1-2H3,(H,14,16). The molecule has 0 saturated heterocycles. The zero-order chi connectivity index (χ0) is 12.4. The molecule has 2 N–H and O–H groups in total. The third-order valence-corrected chi connectivity index (χ3v) is 3.91. The SMILES string of the molecule is CC(O)C(=O)NC(C)c1cc2ccccc2s1. The quantitative estimate of drug-likeness (QED) is 0.878. The van der Waals surface area contributed by atoms with E-state index in [1.54, 1.807) is 11.3 Å². The molecule has 1 aromatic carbocycles. The number of benzene rings is 1. The number of carbonyl (C=O) groups excluding carboxylic acids is 1. The number of hydrogen-bond donors (Lipinski definition) is 2. The predicted molar refractivity (Wildman–Crippen MR) is 70.1 cm³/mol. The highest BCUT2D eigenvalue weighted by Gasteiger charge is 2.15. The lowest BCUT2D eigenvalue weighted by molar-refractivity contribution is -0.129. The molecular weight excluding hydrogens is 234 g/mol. The molecule has 0 bridgehead atoms. The number of amides is 1. The molecule has 0 spiro atoms. The zero-order valence-corrected chi connectivity index (χ0v) is 10.6. The van der Waals surface area contributed by atoms with Gasteiger partial charge in [-0.1, -0.05) is 18.2 Å². The van der Waals surface area contributed by atoms with Gasteiger partial charge in [0.1, 0.15) is 6.10 Å². The van der Waals surface area contributed by atoms with Gasteiger partial charge in [-0.2, -0.15) is 0 Å². The second-order valence-corrected chi connectivity index (χ2v) is 5.21. The largest absolute Gasteiger partial charge is 0.384 e. The summed E-state index contributed by atoms with van der Waals surface area (Å²) in [5.41, 5.74) is 0. The Labute approximate surface area is 104 Å². The van der Waals surface area contributed by atoms with Crippen molar-refractivity contribution in [1.82, 2.24) is 5.32 Å². The summed E-state index contributed by atoms with van der Waals surface area (Å²) < 4.78 is 1.21. The number of carbonyl (C=O) groups is 1. The fraction of sp³-hybridized carbons (Fsp3) is 0.308. The molecule has 2 atom stereocenters. The maximum absolute atomic E-state index is 11.4. The number of thiophene rings is 1. The van der Waals surface area contributed by atoms with Gasteiger partial charge < -0.3 is 10.4 Å². The lowest BCUT2D eigenvalue weighted by Crippen LogP contribution is -2.34. The molecule has 1 aromatic heterocycles. The van der Waals surface area contributed by atoms with Crippen molar-refractivity contribution in [2.45, 2.75) is 26.0 Å². The van der Waals surface area contributed by atoms with E-state index in [0.717, 1.165) is 4.88 Å². The van der Waals surface area contributed by atoms with Crippen LogP contribution in [0.25, 0.3) is 10.1 Å². The third kappa shape index (κ3) is 2.65. The Morgan fingerprint density at radius 1 is 1.35 bits per heavy atom. The normalized spacial score (nSPS) is 14.5. The molecule has 1 amide bonds. The van der Waals surface area contributed by atoms with E-state index in [9.17, 15) is 4.79 Å². The van der Waals surface area contributed by atoms with Gasteiger partial charge in [-0.25, -0.2) is 0 Å². The van der Waals surface area contributed by atoms with Crippen LogP contribution in [0.4, 0.5) is 0 Å². The molecule has 0 saturated carbocycles. The van der Waals surface area contributed by atoms with Crippen LogP contribution < -0.4 is 5.32 Å². The summed E-state index contributed by atoms with van der Waals surface area (Å²) in [5, 5.41) is 13.1. The Kier molecular flexibility index (Phi) is 3.45. The Bertz CT molecular complexity index is 500. The summed E-state index contributed by atoms with van der Waals surface area (Å²) in [6.07, 6.45) is -0.966. The molecule has 3 nitrogen and oxygen atoms in total. The van der Waals surface area contributed by atoms with E-state index in [1.165, 1.54) is 17.0 Å². The second-order valence-electron chi connectivity index (χ2n) is 4.09. The number of aliphatic hydroxyl groups excluding tert-OH is 1. The Hall–Kier alpha value is -1.39. The van der Waals surface area contributed by atoms with Crippen molar-refractivity contribution in [3.8, 4) is 0 Å². The third-order valence-electron chi connectivity index (χ3n) is 2.61. The van der Waals surface area contributed by atoms with Crippen LogP contribution in [0.15, 0.2) is 30.3 Å². The molecule has 4 heteroatoms. The molecule has 0 fully saturated rings. The zero-order valence-electron chi connectivity index (χ0n) is 9.81. The molecule has 0 aliphatic rings. The minimum absolute atomic E-state index is 0.0745. The van der Waals surface area contributed by atoms with Crippen molar-refractivity contribution in [3.05, 3.63) is 35.2 Å². The van der Waals surface area contributed by atoms with Crippen LogP contribution in [0.5, 0.6) is 0 Å². The van der Waals surface area contributed by atoms with Crippen LogP contribution in [0, 0.1) is 0 Å². The van der Waals surface area contributed by atoms with Crippen LogP contribution >= 0.6 is 11.3 Å². The minimum Gasteiger partial charge on any atom is -0.384 e. The number of rotatable bonds is 3. The predicted octanol–water partition coefficient (Wildman–Crippen LogP) is 2.46. The number of hydrogen-bond acceptors (Lipinski definition) is 3. The van der Waals surface area contributed by atoms with E-state index < -0.39 is 6.10 Å². The Balaban J connectivity index is 2.19. The average Bonchev–Trinajstić information content (AvgIpc) is 2.72. The topological polar surface area (TPSA) is 49.3 Å². The lowest BCUT2D eigenvalue weighted by Gasteiger charge is -2.13. The van der Waals surface area contributed by atoms with Gasteiger partial charge in [-0.15, -0.1) is 11.3 Å². The van der Waals surface area contributed by atoms with Crippen LogP contribution in [-0.4, -0.2) is 17.1 Å². The van der Waals surface area contributed by atoms with Gasteiger partial charge in [0.25, 0.3) is 0 Å². The monoisotopic (exact) mass is 249 g/mol. The fourth-order valence-electron chi connectivity index (χ4n) is 1.62. The van der Waals surface area contributed by atoms with Crippen LogP contribution in [-0.2, 0) is 4.79 Å². The first kappa shape index (κ1) is 12.1. The molecule has 0 aliphatic heterocycles. The summed E-state index contributed by atoms with van der Waals surface area (Å²) in [6.45, 7) is 3.39. The molecule has 1 heterocycles. The first-order valence-electron chi connectivity index (χ1n) is 5.55. The van der Waals surface area contributed by atoms with Crippen molar-refractivity contribution in [2.24, 2.45) is 0 Å². The summed E-state index contributed by atoms with van der Waals surface area (Å²) in [5.74, 6) is -0.338. The molecule has 90 valence electrons. The second kappa shape index (κ2) is 4.85. The van der Waals surface area contributed by atoms with E-state index in [1.807, 2.05) is 19.1 Å². The summed E-state index contributed by atoms with van der Waals surface area (Å²) >= 11 is 1.66. The minimum atomic E-state index is -0.966.